The fourth-order valence-corrected chi connectivity index (χ4v) is 2.98. The number of nitrogens with one attached hydrogen (secondary N) is 2. The predicted molar refractivity (Wildman–Crippen MR) is 87.4 cm³/mol. The molecule has 2 aliphatic heterocycles. The van der Waals surface area contributed by atoms with Gasteiger partial charge in [-0.25, -0.2) is 9.40 Å². The van der Waals surface area contributed by atoms with Crippen molar-refractivity contribution in [2.45, 2.75) is 6.54 Å². The summed E-state index contributed by atoms with van der Waals surface area (Å²) in [5.41, 5.74) is 5.33. The number of piperazine rings is 2. The second-order valence-electron chi connectivity index (χ2n) is 6.15. The molecule has 2 heterocycles. The van der Waals surface area contributed by atoms with Crippen LogP contribution in [0.5, 0.6) is 0 Å². The van der Waals surface area contributed by atoms with E-state index in [4.69, 9.17) is 0 Å². The van der Waals surface area contributed by atoms with Gasteiger partial charge < -0.3 is 15.1 Å². The van der Waals surface area contributed by atoms with E-state index in [1.807, 2.05) is 12.1 Å². The van der Waals surface area contributed by atoms with Gasteiger partial charge in [0.15, 0.2) is 0 Å². The first-order chi connectivity index (χ1) is 10.7. The zero-order valence-corrected chi connectivity index (χ0v) is 13.3. The number of nitrogens with zero attached hydrogens (tertiary/aromatic N) is 3. The third-order valence-corrected chi connectivity index (χ3v) is 4.48. The predicted octanol–water partition coefficient (Wildman–Crippen LogP) is 0.487. The van der Waals surface area contributed by atoms with Gasteiger partial charge in [-0.05, 0) is 24.7 Å². The largest absolute Gasteiger partial charge is 0.367 e. The molecule has 22 heavy (non-hydrogen) atoms. The molecule has 0 radical (unpaired) electrons. The lowest BCUT2D eigenvalue weighted by molar-refractivity contribution is 0.102. The molecule has 5 nitrogen and oxygen atoms in total. The number of hydrogen-bond donors (Lipinski definition) is 2. The van der Waals surface area contributed by atoms with Crippen LogP contribution >= 0.6 is 0 Å². The number of rotatable bonds is 4. The van der Waals surface area contributed by atoms with Crippen molar-refractivity contribution in [3.63, 3.8) is 0 Å². The van der Waals surface area contributed by atoms with Crippen molar-refractivity contribution in [3.8, 4) is 0 Å². The quantitative estimate of drug-likeness (QED) is 0.846. The molecule has 0 aliphatic carbocycles. The minimum Gasteiger partial charge on any atom is -0.367 e. The van der Waals surface area contributed by atoms with Crippen LogP contribution in [0.25, 0.3) is 0 Å². The topological polar surface area (TPSA) is 33.8 Å². The third-order valence-electron chi connectivity index (χ3n) is 4.48. The first-order valence-corrected chi connectivity index (χ1v) is 8.13. The molecule has 2 fully saturated rings. The Bertz CT molecular complexity index is 481. The lowest BCUT2D eigenvalue weighted by Crippen LogP contribution is -2.50. The first kappa shape index (κ1) is 15.7. The zero-order valence-electron chi connectivity index (χ0n) is 13.3. The van der Waals surface area contributed by atoms with Crippen LogP contribution in [0.2, 0.25) is 0 Å². The van der Waals surface area contributed by atoms with Gasteiger partial charge in [0.2, 0.25) is 0 Å². The Labute approximate surface area is 132 Å². The molecule has 0 amide bonds. The van der Waals surface area contributed by atoms with E-state index in [9.17, 15) is 4.39 Å². The zero-order chi connectivity index (χ0) is 15.4. The smallest absolute Gasteiger partial charge is 0.146 e. The van der Waals surface area contributed by atoms with E-state index >= 15 is 0 Å². The summed E-state index contributed by atoms with van der Waals surface area (Å²) >= 11 is 0. The van der Waals surface area contributed by atoms with Crippen LogP contribution in [0.15, 0.2) is 18.2 Å². The Kier molecular flexibility index (Phi) is 5.25. The summed E-state index contributed by atoms with van der Waals surface area (Å²) in [6.07, 6.45) is 0. The molecular weight excluding hydrogens is 281 g/mol. The van der Waals surface area contributed by atoms with Gasteiger partial charge in [-0.2, -0.15) is 0 Å². The van der Waals surface area contributed by atoms with Crippen molar-refractivity contribution in [3.05, 3.63) is 29.6 Å². The summed E-state index contributed by atoms with van der Waals surface area (Å²) in [6, 6.07) is 5.46. The highest BCUT2D eigenvalue weighted by molar-refractivity contribution is 5.50. The molecule has 2 N–H and O–H groups in total. The van der Waals surface area contributed by atoms with Crippen molar-refractivity contribution in [1.82, 2.24) is 20.7 Å². The highest BCUT2D eigenvalue weighted by Crippen LogP contribution is 2.21. The molecule has 3 rings (SSSR count). The molecule has 0 spiro atoms. The van der Waals surface area contributed by atoms with Crippen molar-refractivity contribution < 1.29 is 4.39 Å². The summed E-state index contributed by atoms with van der Waals surface area (Å²) in [7, 11) is 2.15. The van der Waals surface area contributed by atoms with Gasteiger partial charge in [0.1, 0.15) is 5.82 Å². The minimum absolute atomic E-state index is 0.120. The van der Waals surface area contributed by atoms with E-state index in [1.165, 1.54) is 0 Å². The molecule has 0 atom stereocenters. The van der Waals surface area contributed by atoms with Crippen LogP contribution in [-0.4, -0.2) is 69.3 Å². The van der Waals surface area contributed by atoms with E-state index in [-0.39, 0.29) is 5.82 Å². The molecule has 0 aromatic heterocycles. The van der Waals surface area contributed by atoms with Crippen LogP contribution in [-0.2, 0) is 6.54 Å². The molecule has 1 aromatic carbocycles. The van der Waals surface area contributed by atoms with Crippen LogP contribution in [0.1, 0.15) is 5.56 Å². The Morgan fingerprint density at radius 2 is 1.82 bits per heavy atom. The molecule has 2 aliphatic rings. The van der Waals surface area contributed by atoms with Gasteiger partial charge in [-0.3, -0.25) is 5.43 Å². The highest BCUT2D eigenvalue weighted by Gasteiger charge is 2.16. The number of anilines is 1. The van der Waals surface area contributed by atoms with E-state index in [2.05, 4.69) is 32.6 Å². The van der Waals surface area contributed by atoms with Crippen LogP contribution in [0, 0.1) is 5.82 Å². The maximum atomic E-state index is 14.1. The number of halogens is 1. The average Bonchev–Trinajstić information content (AvgIpc) is 2.56. The maximum absolute atomic E-state index is 14.1. The summed E-state index contributed by atoms with van der Waals surface area (Å²) < 4.78 is 14.1. The summed E-state index contributed by atoms with van der Waals surface area (Å²) in [5.74, 6) is -0.120. The Morgan fingerprint density at radius 1 is 1.09 bits per heavy atom. The fraction of sp³-hybridized carbons (Fsp3) is 0.625. The maximum Gasteiger partial charge on any atom is 0.146 e. The second kappa shape index (κ2) is 7.37. The molecule has 2 saturated heterocycles. The van der Waals surface area contributed by atoms with Crippen molar-refractivity contribution in [2.24, 2.45) is 0 Å². The van der Waals surface area contributed by atoms with Gasteiger partial charge in [0.25, 0.3) is 0 Å². The normalized spacial score (nSPS) is 21.3. The number of hydrazine groups is 1. The van der Waals surface area contributed by atoms with Crippen LogP contribution in [0.4, 0.5) is 10.1 Å². The van der Waals surface area contributed by atoms with Gasteiger partial charge in [0.05, 0.1) is 5.69 Å². The minimum atomic E-state index is -0.120. The summed E-state index contributed by atoms with van der Waals surface area (Å²) in [4.78, 5) is 4.46. The molecule has 6 heteroatoms. The SMILES string of the molecule is CN1CCN(NCc2ccc(F)c(N3CCNCC3)c2)CC1. The second-order valence-corrected chi connectivity index (χ2v) is 6.15. The van der Waals surface area contributed by atoms with E-state index < -0.39 is 0 Å². The van der Waals surface area contributed by atoms with Gasteiger partial charge in [-0.1, -0.05) is 6.07 Å². The van der Waals surface area contributed by atoms with Gasteiger partial charge in [0, 0.05) is 58.9 Å². The lowest BCUT2D eigenvalue weighted by Gasteiger charge is -2.33. The molecule has 122 valence electrons. The van der Waals surface area contributed by atoms with Crippen LogP contribution < -0.4 is 15.6 Å². The number of likely N-dealkylation sites (N-methyl/N-ethyl adjacent to an activating group) is 1. The Morgan fingerprint density at radius 3 is 2.55 bits per heavy atom. The highest BCUT2D eigenvalue weighted by atomic mass is 19.1. The molecular formula is C16H26FN5. The Balaban J connectivity index is 1.59. The summed E-state index contributed by atoms with van der Waals surface area (Å²) in [5, 5.41) is 5.56. The van der Waals surface area contributed by atoms with E-state index in [1.54, 1.807) is 6.07 Å². The van der Waals surface area contributed by atoms with Gasteiger partial charge in [-0.15, -0.1) is 0 Å². The molecule has 1 aromatic rings. The monoisotopic (exact) mass is 307 g/mol. The first-order valence-electron chi connectivity index (χ1n) is 8.13. The third kappa shape index (κ3) is 3.95. The van der Waals surface area contributed by atoms with E-state index in [0.29, 0.717) is 0 Å². The fourth-order valence-electron chi connectivity index (χ4n) is 2.98. The Hall–Kier alpha value is -1.21. The standard InChI is InChI=1S/C16H26FN5/c1-20-8-10-22(11-9-20)19-13-14-2-3-15(17)16(12-14)21-6-4-18-5-7-21/h2-3,12,18-19H,4-11,13H2,1H3. The average molecular weight is 307 g/mol. The number of benzene rings is 1. The van der Waals surface area contributed by atoms with E-state index in [0.717, 1.165) is 70.2 Å². The van der Waals surface area contributed by atoms with Crippen molar-refractivity contribution in [2.75, 3.05) is 64.3 Å². The van der Waals surface area contributed by atoms with Crippen LogP contribution in [0.3, 0.4) is 0 Å². The summed E-state index contributed by atoms with van der Waals surface area (Å²) in [6.45, 7) is 8.56. The van der Waals surface area contributed by atoms with Crippen molar-refractivity contribution in [1.29, 1.82) is 0 Å². The molecule has 0 unspecified atom stereocenters. The molecule has 0 saturated carbocycles. The van der Waals surface area contributed by atoms with Crippen molar-refractivity contribution >= 4 is 5.69 Å². The molecule has 0 bridgehead atoms. The van der Waals surface area contributed by atoms with Gasteiger partial charge >= 0.3 is 0 Å². The lowest BCUT2D eigenvalue weighted by atomic mass is 10.1. The number of hydrogen-bond acceptors (Lipinski definition) is 5.